The molecule has 0 N–H and O–H groups in total. The Morgan fingerprint density at radius 1 is 1.17 bits per heavy atom. The minimum Gasteiger partial charge on any atom is -0.759 e. The minimum absolute atomic E-state index is 0. The SMILES string of the molecule is O=S(=O)([O-])[O-].[Al+3]. The predicted octanol–water partition coefficient (Wildman–Crippen LogP) is -1.72. The Labute approximate surface area is 45.9 Å². The molecule has 0 aliphatic carbocycles. The van der Waals surface area contributed by atoms with E-state index in [0.717, 1.165) is 0 Å². The van der Waals surface area contributed by atoms with Crippen molar-refractivity contribution in [3.8, 4) is 0 Å². The first-order valence-corrected chi connectivity index (χ1v) is 2.00. The Morgan fingerprint density at radius 3 is 1.17 bits per heavy atom. The van der Waals surface area contributed by atoms with Gasteiger partial charge in [-0.15, -0.1) is 0 Å². The molecule has 0 saturated carbocycles. The maximum absolute atomic E-state index is 8.52. The summed E-state index contributed by atoms with van der Waals surface area (Å²) >= 11 is 0. The predicted molar refractivity (Wildman–Crippen MR) is 16.2 cm³/mol. The Kier molecular flexibility index (Phi) is 4.10. The molecular weight excluding hydrogens is 123 g/mol. The molecule has 0 bridgehead atoms. The Bertz CT molecular complexity index is 90.7. The summed E-state index contributed by atoms with van der Waals surface area (Å²) in [4.78, 5) is 0. The molecule has 0 aromatic heterocycles. The van der Waals surface area contributed by atoms with Crippen molar-refractivity contribution in [3.63, 3.8) is 0 Å². The first-order chi connectivity index (χ1) is 2.00. The van der Waals surface area contributed by atoms with Crippen molar-refractivity contribution >= 4 is 27.8 Å². The first-order valence-electron chi connectivity index (χ1n) is 0.667. The van der Waals surface area contributed by atoms with Crippen LogP contribution in [0.5, 0.6) is 0 Å². The van der Waals surface area contributed by atoms with Crippen LogP contribution in [0.1, 0.15) is 0 Å². The Morgan fingerprint density at radius 2 is 1.17 bits per heavy atom. The van der Waals surface area contributed by atoms with E-state index in [4.69, 9.17) is 17.5 Å². The van der Waals surface area contributed by atoms with Crippen molar-refractivity contribution in [2.24, 2.45) is 0 Å². The van der Waals surface area contributed by atoms with E-state index in [-0.39, 0.29) is 17.4 Å². The number of hydrogen-bond donors (Lipinski definition) is 0. The second-order valence-electron chi connectivity index (χ2n) is 0.408. The van der Waals surface area contributed by atoms with E-state index in [2.05, 4.69) is 0 Å². The molecule has 6 heteroatoms. The van der Waals surface area contributed by atoms with E-state index in [0.29, 0.717) is 0 Å². The van der Waals surface area contributed by atoms with Crippen molar-refractivity contribution in [2.45, 2.75) is 0 Å². The van der Waals surface area contributed by atoms with Crippen LogP contribution in [0.3, 0.4) is 0 Å². The zero-order chi connectivity index (χ0) is 4.50. The molecule has 0 aromatic rings. The molecule has 4 nitrogen and oxygen atoms in total. The summed E-state index contributed by atoms with van der Waals surface area (Å²) in [7, 11) is -5.17. The molecule has 0 atom stereocenters. The van der Waals surface area contributed by atoms with Crippen LogP contribution in [0.4, 0.5) is 0 Å². The fourth-order valence-corrected chi connectivity index (χ4v) is 0. The van der Waals surface area contributed by atoms with Gasteiger partial charge in [0.2, 0.25) is 0 Å². The fourth-order valence-electron chi connectivity index (χ4n) is 0. The summed E-state index contributed by atoms with van der Waals surface area (Å²) in [6.07, 6.45) is 0. The van der Waals surface area contributed by atoms with Crippen LogP contribution in [0.15, 0.2) is 0 Å². The normalized spacial score (nSPS) is 9.67. The molecule has 0 rings (SSSR count). The Balaban J connectivity index is 0. The molecule has 0 aliphatic heterocycles. The van der Waals surface area contributed by atoms with Crippen molar-refractivity contribution in [1.82, 2.24) is 0 Å². The van der Waals surface area contributed by atoms with Crippen molar-refractivity contribution in [1.29, 1.82) is 0 Å². The van der Waals surface area contributed by atoms with Crippen LogP contribution in [0, 0.1) is 0 Å². The summed E-state index contributed by atoms with van der Waals surface area (Å²) in [5.74, 6) is 0. The summed E-state index contributed by atoms with van der Waals surface area (Å²) < 4.78 is 34.1. The van der Waals surface area contributed by atoms with Gasteiger partial charge < -0.3 is 9.11 Å². The molecule has 0 fully saturated rings. The third-order valence-corrected chi connectivity index (χ3v) is 0. The van der Waals surface area contributed by atoms with Gasteiger partial charge >= 0.3 is 17.4 Å². The van der Waals surface area contributed by atoms with Crippen LogP contribution < -0.4 is 0 Å². The van der Waals surface area contributed by atoms with Gasteiger partial charge in [0.25, 0.3) is 0 Å². The van der Waals surface area contributed by atoms with E-state index in [1.165, 1.54) is 0 Å². The quantitative estimate of drug-likeness (QED) is 0.218. The molecule has 0 saturated heterocycles. The standard InChI is InChI=1S/Al.H2O4S/c;1-5(2,3)4/h;(H2,1,2,3,4)/q+3;/p-2. The maximum atomic E-state index is 8.52. The van der Waals surface area contributed by atoms with Crippen LogP contribution in [-0.4, -0.2) is 34.9 Å². The fraction of sp³-hybridized carbons (Fsp3) is 0. The summed E-state index contributed by atoms with van der Waals surface area (Å²) in [6.45, 7) is 0. The zero-order valence-corrected chi connectivity index (χ0v) is 4.59. The largest absolute Gasteiger partial charge is 3.00 e. The van der Waals surface area contributed by atoms with E-state index in [1.807, 2.05) is 0 Å². The van der Waals surface area contributed by atoms with Crippen LogP contribution in [0.2, 0.25) is 0 Å². The van der Waals surface area contributed by atoms with Crippen molar-refractivity contribution in [2.75, 3.05) is 0 Å². The van der Waals surface area contributed by atoms with Gasteiger partial charge in [-0.05, 0) is 0 Å². The van der Waals surface area contributed by atoms with Crippen LogP contribution in [-0.2, 0) is 10.4 Å². The molecule has 0 unspecified atom stereocenters. The maximum Gasteiger partial charge on any atom is 3.00 e. The molecule has 0 heterocycles. The average molecular weight is 123 g/mol. The van der Waals surface area contributed by atoms with Gasteiger partial charge in [-0.1, -0.05) is 0 Å². The molecule has 0 spiro atoms. The molecule has 0 amide bonds. The van der Waals surface area contributed by atoms with Gasteiger partial charge in [-0.3, -0.25) is 8.42 Å². The Hall–Kier alpha value is 0.402. The summed E-state index contributed by atoms with van der Waals surface area (Å²) in [6, 6.07) is 0. The van der Waals surface area contributed by atoms with Crippen LogP contribution in [0.25, 0.3) is 0 Å². The third-order valence-electron chi connectivity index (χ3n) is 0. The molecular formula is AlO4S+. The van der Waals surface area contributed by atoms with E-state index in [9.17, 15) is 0 Å². The zero-order valence-electron chi connectivity index (χ0n) is 2.62. The van der Waals surface area contributed by atoms with Gasteiger partial charge in [-0.25, -0.2) is 0 Å². The van der Waals surface area contributed by atoms with Gasteiger partial charge in [0.15, 0.2) is 0 Å². The summed E-state index contributed by atoms with van der Waals surface area (Å²) in [5.41, 5.74) is 0. The average Bonchev–Trinajstić information content (AvgIpc) is 0.722. The monoisotopic (exact) mass is 123 g/mol. The van der Waals surface area contributed by atoms with Crippen molar-refractivity contribution in [3.05, 3.63) is 0 Å². The van der Waals surface area contributed by atoms with Gasteiger partial charge in [0.1, 0.15) is 0 Å². The topological polar surface area (TPSA) is 80.3 Å². The smallest absolute Gasteiger partial charge is 0.759 e. The molecule has 32 valence electrons. The first kappa shape index (κ1) is 9.64. The van der Waals surface area contributed by atoms with Gasteiger partial charge in [-0.2, -0.15) is 0 Å². The van der Waals surface area contributed by atoms with Gasteiger partial charge in [0, 0.05) is 10.4 Å². The minimum atomic E-state index is -5.17. The number of rotatable bonds is 0. The molecule has 6 heavy (non-hydrogen) atoms. The summed E-state index contributed by atoms with van der Waals surface area (Å²) in [5, 5.41) is 0. The molecule has 0 aromatic carbocycles. The second kappa shape index (κ2) is 2.55. The second-order valence-corrected chi connectivity index (χ2v) is 1.22. The number of hydrogen-bond acceptors (Lipinski definition) is 4. The third kappa shape index (κ3) is 315. The van der Waals surface area contributed by atoms with E-state index in [1.54, 1.807) is 0 Å². The van der Waals surface area contributed by atoms with E-state index >= 15 is 0 Å². The van der Waals surface area contributed by atoms with E-state index < -0.39 is 10.4 Å². The van der Waals surface area contributed by atoms with Crippen LogP contribution >= 0.6 is 0 Å². The van der Waals surface area contributed by atoms with Gasteiger partial charge in [0.05, 0.1) is 0 Å². The van der Waals surface area contributed by atoms with Crippen molar-refractivity contribution < 1.29 is 17.5 Å². The molecule has 0 aliphatic rings. The molecule has 0 radical (unpaired) electrons.